The third-order valence-electron chi connectivity index (χ3n) is 4.18. The van der Waals surface area contributed by atoms with E-state index >= 15 is 0 Å². The number of carboxylic acid groups (broad SMARTS) is 1. The minimum Gasteiger partial charge on any atom is -0.481 e. The second kappa shape index (κ2) is 3.00. The van der Waals surface area contributed by atoms with Gasteiger partial charge in [-0.2, -0.15) is 0 Å². The van der Waals surface area contributed by atoms with Crippen LogP contribution in [-0.2, 0) is 4.79 Å². The summed E-state index contributed by atoms with van der Waals surface area (Å²) in [5.41, 5.74) is 0.598. The number of carbonyl (C=O) groups is 1. The molecule has 2 aliphatic carbocycles. The van der Waals surface area contributed by atoms with Crippen molar-refractivity contribution >= 4 is 5.97 Å². The van der Waals surface area contributed by atoms with Crippen LogP contribution in [0.2, 0.25) is 0 Å². The Hall–Kier alpha value is -0.530. The first-order valence-corrected chi connectivity index (χ1v) is 5.41. The van der Waals surface area contributed by atoms with E-state index in [1.54, 1.807) is 0 Å². The van der Waals surface area contributed by atoms with Crippen LogP contribution in [-0.4, -0.2) is 11.1 Å². The summed E-state index contributed by atoms with van der Waals surface area (Å²) in [4.78, 5) is 10.7. The number of aliphatic carboxylic acids is 1. The maximum absolute atomic E-state index is 10.7. The van der Waals surface area contributed by atoms with Gasteiger partial charge in [-0.3, -0.25) is 4.79 Å². The lowest BCUT2D eigenvalue weighted by atomic mass is 9.78. The molecule has 0 aromatic heterocycles. The lowest BCUT2D eigenvalue weighted by Crippen LogP contribution is -2.23. The van der Waals surface area contributed by atoms with E-state index in [0.29, 0.717) is 5.41 Å². The van der Waals surface area contributed by atoms with E-state index in [2.05, 4.69) is 6.92 Å². The summed E-state index contributed by atoms with van der Waals surface area (Å²) in [6.07, 6.45) is 6.84. The molecule has 1 N–H and O–H groups in total. The Morgan fingerprint density at radius 3 is 2.46 bits per heavy atom. The average molecular weight is 182 g/mol. The van der Waals surface area contributed by atoms with Crippen molar-refractivity contribution in [3.63, 3.8) is 0 Å². The SMILES string of the molecule is CCC1CC12CCC(C(=O)O)CC2. The first-order chi connectivity index (χ1) is 6.18. The highest BCUT2D eigenvalue weighted by atomic mass is 16.4. The Balaban J connectivity index is 1.87. The summed E-state index contributed by atoms with van der Waals surface area (Å²) >= 11 is 0. The minimum absolute atomic E-state index is 0.0382. The Morgan fingerprint density at radius 1 is 1.46 bits per heavy atom. The molecule has 0 amide bonds. The summed E-state index contributed by atoms with van der Waals surface area (Å²) in [6.45, 7) is 2.25. The molecule has 0 heterocycles. The van der Waals surface area contributed by atoms with Crippen LogP contribution in [0.1, 0.15) is 45.4 Å². The van der Waals surface area contributed by atoms with Gasteiger partial charge in [0.2, 0.25) is 0 Å². The fourth-order valence-electron chi connectivity index (χ4n) is 3.06. The van der Waals surface area contributed by atoms with Gasteiger partial charge in [0, 0.05) is 0 Å². The highest BCUT2D eigenvalue weighted by molar-refractivity contribution is 5.70. The van der Waals surface area contributed by atoms with Crippen molar-refractivity contribution in [2.24, 2.45) is 17.3 Å². The second-order valence-corrected chi connectivity index (χ2v) is 4.78. The van der Waals surface area contributed by atoms with E-state index < -0.39 is 5.97 Å². The molecule has 0 aromatic carbocycles. The molecule has 1 atom stereocenters. The average Bonchev–Trinajstić information content (AvgIpc) is 2.80. The first kappa shape index (κ1) is 9.04. The molecule has 0 aliphatic heterocycles. The quantitative estimate of drug-likeness (QED) is 0.713. The maximum Gasteiger partial charge on any atom is 0.306 e. The second-order valence-electron chi connectivity index (χ2n) is 4.78. The van der Waals surface area contributed by atoms with Gasteiger partial charge in [-0.25, -0.2) is 0 Å². The summed E-state index contributed by atoms with van der Waals surface area (Å²) in [5, 5.41) is 8.85. The van der Waals surface area contributed by atoms with E-state index in [1.807, 2.05) is 0 Å². The Kier molecular flexibility index (Phi) is 2.09. The third-order valence-corrected chi connectivity index (χ3v) is 4.18. The van der Waals surface area contributed by atoms with Crippen LogP contribution in [0.3, 0.4) is 0 Å². The van der Waals surface area contributed by atoms with Gasteiger partial charge in [-0.15, -0.1) is 0 Å². The highest BCUT2D eigenvalue weighted by Crippen LogP contribution is 2.63. The van der Waals surface area contributed by atoms with Gasteiger partial charge < -0.3 is 5.11 Å². The largest absolute Gasteiger partial charge is 0.481 e. The van der Waals surface area contributed by atoms with Crippen LogP contribution in [0.15, 0.2) is 0 Å². The lowest BCUT2D eigenvalue weighted by Gasteiger charge is -2.26. The van der Waals surface area contributed by atoms with Crippen LogP contribution in [0.5, 0.6) is 0 Å². The molecule has 0 bridgehead atoms. The number of carboxylic acids is 1. The van der Waals surface area contributed by atoms with Gasteiger partial charge in [0.05, 0.1) is 5.92 Å². The van der Waals surface area contributed by atoms with Crippen molar-refractivity contribution in [1.82, 2.24) is 0 Å². The van der Waals surface area contributed by atoms with Crippen LogP contribution in [0.4, 0.5) is 0 Å². The van der Waals surface area contributed by atoms with Gasteiger partial charge >= 0.3 is 5.97 Å². The lowest BCUT2D eigenvalue weighted by molar-refractivity contribution is -0.143. The van der Waals surface area contributed by atoms with E-state index in [0.717, 1.165) is 18.8 Å². The molecular weight excluding hydrogens is 164 g/mol. The van der Waals surface area contributed by atoms with Gasteiger partial charge in [0.1, 0.15) is 0 Å². The zero-order valence-corrected chi connectivity index (χ0v) is 8.25. The summed E-state index contributed by atoms with van der Waals surface area (Å²) in [7, 11) is 0. The van der Waals surface area contributed by atoms with Crippen molar-refractivity contribution < 1.29 is 9.90 Å². The predicted octanol–water partition coefficient (Wildman–Crippen LogP) is 2.68. The maximum atomic E-state index is 10.7. The minimum atomic E-state index is -0.580. The normalized spacial score (nSPS) is 43.5. The zero-order valence-electron chi connectivity index (χ0n) is 8.25. The van der Waals surface area contributed by atoms with Crippen LogP contribution in [0.25, 0.3) is 0 Å². The molecule has 1 spiro atoms. The predicted molar refractivity (Wildman–Crippen MR) is 50.4 cm³/mol. The molecular formula is C11H18O2. The van der Waals surface area contributed by atoms with Crippen molar-refractivity contribution in [2.75, 3.05) is 0 Å². The molecule has 2 saturated carbocycles. The number of hydrogen-bond donors (Lipinski definition) is 1. The Labute approximate surface area is 79.3 Å². The topological polar surface area (TPSA) is 37.3 Å². The van der Waals surface area contributed by atoms with E-state index in [9.17, 15) is 4.79 Å². The monoisotopic (exact) mass is 182 g/mol. The fourth-order valence-corrected chi connectivity index (χ4v) is 3.06. The molecule has 2 aliphatic rings. The number of hydrogen-bond acceptors (Lipinski definition) is 1. The molecule has 0 radical (unpaired) electrons. The van der Waals surface area contributed by atoms with Gasteiger partial charge in [0.25, 0.3) is 0 Å². The standard InChI is InChI=1S/C11H18O2/c1-2-9-7-11(9)5-3-8(4-6-11)10(12)13/h8-9H,2-7H2,1H3,(H,12,13). The smallest absolute Gasteiger partial charge is 0.306 e. The fraction of sp³-hybridized carbons (Fsp3) is 0.909. The third kappa shape index (κ3) is 1.47. The van der Waals surface area contributed by atoms with E-state index in [1.165, 1.54) is 25.7 Å². The van der Waals surface area contributed by atoms with Crippen molar-refractivity contribution in [3.8, 4) is 0 Å². The molecule has 2 fully saturated rings. The molecule has 2 heteroatoms. The van der Waals surface area contributed by atoms with Gasteiger partial charge in [-0.1, -0.05) is 13.3 Å². The molecule has 0 aromatic rings. The first-order valence-electron chi connectivity index (χ1n) is 5.41. The molecule has 0 saturated heterocycles. The Morgan fingerprint density at radius 2 is 2.08 bits per heavy atom. The van der Waals surface area contributed by atoms with Crippen LogP contribution in [0, 0.1) is 17.3 Å². The molecule has 1 unspecified atom stereocenters. The molecule has 2 rings (SSSR count). The summed E-state index contributed by atoms with van der Waals surface area (Å²) in [6, 6.07) is 0. The summed E-state index contributed by atoms with van der Waals surface area (Å²) in [5.74, 6) is 0.300. The molecule has 2 nitrogen and oxygen atoms in total. The van der Waals surface area contributed by atoms with E-state index in [4.69, 9.17) is 5.11 Å². The molecule has 13 heavy (non-hydrogen) atoms. The summed E-state index contributed by atoms with van der Waals surface area (Å²) < 4.78 is 0. The van der Waals surface area contributed by atoms with Gasteiger partial charge in [0.15, 0.2) is 0 Å². The van der Waals surface area contributed by atoms with Crippen molar-refractivity contribution in [1.29, 1.82) is 0 Å². The van der Waals surface area contributed by atoms with Crippen molar-refractivity contribution in [2.45, 2.75) is 45.4 Å². The highest BCUT2D eigenvalue weighted by Gasteiger charge is 2.53. The zero-order chi connectivity index (χ0) is 9.47. The van der Waals surface area contributed by atoms with E-state index in [-0.39, 0.29) is 5.92 Å². The van der Waals surface area contributed by atoms with Crippen LogP contribution < -0.4 is 0 Å². The number of rotatable bonds is 2. The van der Waals surface area contributed by atoms with Crippen LogP contribution >= 0.6 is 0 Å². The molecule has 74 valence electrons. The van der Waals surface area contributed by atoms with Gasteiger partial charge in [-0.05, 0) is 43.4 Å². The Bertz CT molecular complexity index is 214. The van der Waals surface area contributed by atoms with Crippen molar-refractivity contribution in [3.05, 3.63) is 0 Å².